The maximum absolute atomic E-state index is 14.0. The molecule has 4 rings (SSSR count). The van der Waals surface area contributed by atoms with Gasteiger partial charge in [-0.15, -0.1) is 0 Å². The number of carbonyl (C=O) groups is 5. The predicted octanol–water partition coefficient (Wildman–Crippen LogP) is 2.93. The number of nitrogens with one attached hydrogen (secondary N) is 5. The fourth-order valence-corrected chi connectivity index (χ4v) is 7.11. The van der Waals surface area contributed by atoms with Gasteiger partial charge in [-0.25, -0.2) is 9.78 Å². The highest BCUT2D eigenvalue weighted by atomic mass is 16.6. The van der Waals surface area contributed by atoms with Gasteiger partial charge in [0.25, 0.3) is 0 Å². The normalized spacial score (nSPS) is 17.4. The summed E-state index contributed by atoms with van der Waals surface area (Å²) in [7, 11) is 0. The molecule has 62 heavy (non-hydrogen) atoms. The van der Waals surface area contributed by atoms with Gasteiger partial charge >= 0.3 is 6.09 Å². The van der Waals surface area contributed by atoms with Crippen molar-refractivity contribution in [2.45, 2.75) is 135 Å². The molecular formula is C45H67N9O8. The first-order valence-electron chi connectivity index (χ1n) is 21.6. The molecule has 8 N–H and O–H groups in total. The number of aromatic nitrogens is 3. The third kappa shape index (κ3) is 16.5. The maximum atomic E-state index is 14.0. The average molecular weight is 862 g/mol. The van der Waals surface area contributed by atoms with Crippen LogP contribution in [0.5, 0.6) is 0 Å². The molecule has 0 bridgehead atoms. The molecule has 3 aromatic rings. The number of aromatic amines is 1. The quantitative estimate of drug-likeness (QED) is 0.0731. The number of nitrogens with zero attached hydrogens (tertiary/aromatic N) is 3. The van der Waals surface area contributed by atoms with Crippen LogP contribution >= 0.6 is 0 Å². The molecule has 3 unspecified atom stereocenters. The smallest absolute Gasteiger partial charge is 0.410 e. The van der Waals surface area contributed by atoms with E-state index in [1.54, 1.807) is 29.4 Å². The highest BCUT2D eigenvalue weighted by Gasteiger charge is 2.35. The van der Waals surface area contributed by atoms with Crippen LogP contribution in [0.15, 0.2) is 67.3 Å². The second-order valence-corrected chi connectivity index (χ2v) is 17.3. The molecule has 8 atom stereocenters. The van der Waals surface area contributed by atoms with Crippen molar-refractivity contribution in [1.82, 2.24) is 41.1 Å². The Hall–Kier alpha value is -5.39. The second kappa shape index (κ2) is 24.3. The minimum absolute atomic E-state index is 0.104. The molecule has 1 fully saturated rings. The minimum atomic E-state index is -1.21. The molecule has 1 saturated heterocycles. The maximum Gasteiger partial charge on any atom is 0.410 e. The van der Waals surface area contributed by atoms with Crippen LogP contribution in [0.25, 0.3) is 0 Å². The number of aliphatic hydroxyl groups excluding tert-OH is 1. The Morgan fingerprint density at radius 3 is 2.39 bits per heavy atom. The number of hydrogen-bond acceptors (Lipinski definition) is 11. The van der Waals surface area contributed by atoms with Crippen LogP contribution in [0.4, 0.5) is 4.79 Å². The van der Waals surface area contributed by atoms with E-state index in [0.29, 0.717) is 30.8 Å². The first-order valence-corrected chi connectivity index (χ1v) is 21.6. The zero-order valence-electron chi connectivity index (χ0n) is 37.0. The number of nitrogens with two attached hydrogens (primary N) is 1. The first-order chi connectivity index (χ1) is 29.5. The molecule has 0 saturated carbocycles. The number of hydrogen-bond donors (Lipinski definition) is 7. The zero-order valence-corrected chi connectivity index (χ0v) is 37.0. The molecule has 1 aromatic carbocycles. The molecule has 340 valence electrons. The van der Waals surface area contributed by atoms with Crippen molar-refractivity contribution in [2.75, 3.05) is 19.7 Å². The van der Waals surface area contributed by atoms with Gasteiger partial charge in [-0.1, -0.05) is 63.6 Å². The molecule has 2 aromatic heterocycles. The van der Waals surface area contributed by atoms with Gasteiger partial charge in [0.1, 0.15) is 23.8 Å². The lowest BCUT2D eigenvalue weighted by atomic mass is 9.95. The topological polar surface area (TPSA) is 243 Å². The third-order valence-electron chi connectivity index (χ3n) is 10.8. The van der Waals surface area contributed by atoms with Crippen LogP contribution in [0, 0.1) is 11.8 Å². The van der Waals surface area contributed by atoms with E-state index in [4.69, 9.17) is 15.2 Å². The van der Waals surface area contributed by atoms with Crippen molar-refractivity contribution < 1.29 is 38.6 Å². The average Bonchev–Trinajstić information content (AvgIpc) is 3.95. The Kier molecular flexibility index (Phi) is 19.3. The van der Waals surface area contributed by atoms with E-state index in [0.717, 1.165) is 12.0 Å². The van der Waals surface area contributed by atoms with E-state index in [1.165, 1.54) is 6.33 Å². The molecule has 3 heterocycles. The summed E-state index contributed by atoms with van der Waals surface area (Å²) >= 11 is 0. The number of amides is 5. The summed E-state index contributed by atoms with van der Waals surface area (Å²) in [6.45, 7) is 12.1. The highest BCUT2D eigenvalue weighted by Crippen LogP contribution is 2.22. The molecule has 17 nitrogen and oxygen atoms in total. The molecule has 1 aliphatic heterocycles. The summed E-state index contributed by atoms with van der Waals surface area (Å²) in [5.74, 6) is -2.20. The van der Waals surface area contributed by atoms with Crippen molar-refractivity contribution in [1.29, 1.82) is 0 Å². The molecule has 0 aliphatic carbocycles. The SMILES string of the molecule is CC[C@H](C)[C@H](NC(=O)CC(O)C(N)CC(C)CNC(=O)[C@H](Cc1cnc[nH]1)NC(=O)[C@H](Cc1ccccc1)OC[C@@H]1CCCN1C(=O)OC(C)(C)C)C(=O)NCc1ccccn1. The van der Waals surface area contributed by atoms with Crippen molar-refractivity contribution in [3.63, 3.8) is 0 Å². The van der Waals surface area contributed by atoms with Gasteiger partial charge in [0.15, 0.2) is 0 Å². The van der Waals surface area contributed by atoms with Crippen LogP contribution in [-0.4, -0.2) is 116 Å². The van der Waals surface area contributed by atoms with Crippen molar-refractivity contribution in [2.24, 2.45) is 17.6 Å². The molecule has 0 spiro atoms. The lowest BCUT2D eigenvalue weighted by Gasteiger charge is -2.30. The Morgan fingerprint density at radius 2 is 1.73 bits per heavy atom. The summed E-state index contributed by atoms with van der Waals surface area (Å²) in [6, 6.07) is 11.9. The minimum Gasteiger partial charge on any atom is -0.444 e. The monoisotopic (exact) mass is 862 g/mol. The van der Waals surface area contributed by atoms with Gasteiger partial charge in [0, 0.05) is 50.1 Å². The zero-order chi connectivity index (χ0) is 45.2. The Balaban J connectivity index is 1.33. The lowest BCUT2D eigenvalue weighted by molar-refractivity contribution is -0.137. The summed E-state index contributed by atoms with van der Waals surface area (Å²) in [4.78, 5) is 79.8. The predicted molar refractivity (Wildman–Crippen MR) is 233 cm³/mol. The van der Waals surface area contributed by atoms with Gasteiger partial charge < -0.3 is 51.5 Å². The van der Waals surface area contributed by atoms with Crippen LogP contribution < -0.4 is 27.0 Å². The van der Waals surface area contributed by atoms with Crippen LogP contribution in [-0.2, 0) is 48.0 Å². The van der Waals surface area contributed by atoms with Gasteiger partial charge in [0.05, 0.1) is 43.7 Å². The summed E-state index contributed by atoms with van der Waals surface area (Å²) < 4.78 is 11.9. The number of H-pyrrole nitrogens is 1. The van der Waals surface area contributed by atoms with Crippen molar-refractivity contribution in [3.05, 3.63) is 84.2 Å². The Morgan fingerprint density at radius 1 is 0.984 bits per heavy atom. The lowest BCUT2D eigenvalue weighted by Crippen LogP contribution is -2.53. The van der Waals surface area contributed by atoms with E-state index in [-0.39, 0.29) is 69.2 Å². The fourth-order valence-electron chi connectivity index (χ4n) is 7.11. The van der Waals surface area contributed by atoms with Crippen molar-refractivity contribution in [3.8, 4) is 0 Å². The van der Waals surface area contributed by atoms with E-state index < -0.39 is 59.7 Å². The number of carbonyl (C=O) groups excluding carboxylic acids is 5. The highest BCUT2D eigenvalue weighted by molar-refractivity contribution is 5.90. The van der Waals surface area contributed by atoms with Crippen LogP contribution in [0.2, 0.25) is 0 Å². The van der Waals surface area contributed by atoms with Gasteiger partial charge in [0.2, 0.25) is 23.6 Å². The van der Waals surface area contributed by atoms with Crippen molar-refractivity contribution >= 4 is 29.7 Å². The van der Waals surface area contributed by atoms with E-state index in [9.17, 15) is 29.1 Å². The molecular weight excluding hydrogens is 795 g/mol. The number of pyridine rings is 1. The Labute approximate surface area is 365 Å². The third-order valence-corrected chi connectivity index (χ3v) is 10.8. The number of likely N-dealkylation sites (tertiary alicyclic amines) is 1. The van der Waals surface area contributed by atoms with Gasteiger partial charge in [-0.3, -0.25) is 24.2 Å². The molecule has 0 radical (unpaired) electrons. The summed E-state index contributed by atoms with van der Waals surface area (Å²) in [6.07, 6.45) is 4.50. The van der Waals surface area contributed by atoms with E-state index >= 15 is 0 Å². The number of aliphatic hydroxyl groups is 1. The van der Waals surface area contributed by atoms with Gasteiger partial charge in [-0.05, 0) is 69.6 Å². The van der Waals surface area contributed by atoms with Gasteiger partial charge in [-0.2, -0.15) is 0 Å². The Bertz CT molecular complexity index is 1840. The number of rotatable bonds is 23. The molecule has 5 amide bonds. The second-order valence-electron chi connectivity index (χ2n) is 17.3. The largest absolute Gasteiger partial charge is 0.444 e. The van der Waals surface area contributed by atoms with Crippen LogP contribution in [0.1, 0.15) is 90.6 Å². The number of imidazole rings is 1. The fraction of sp³-hybridized carbons (Fsp3) is 0.578. The van der Waals surface area contributed by atoms with E-state index in [1.807, 2.05) is 77.9 Å². The summed E-state index contributed by atoms with van der Waals surface area (Å²) in [5.41, 5.74) is 7.87. The summed E-state index contributed by atoms with van der Waals surface area (Å²) in [5, 5.41) is 22.3. The number of benzene rings is 1. The van der Waals surface area contributed by atoms with E-state index in [2.05, 4.69) is 36.2 Å². The molecule has 1 aliphatic rings. The standard InChI is InChI=1S/C45H67N9O8/c1-7-30(3)40(43(59)50-26-32-16-11-12-18-48-32)53-39(56)23-37(55)35(46)20-29(2)24-49-41(57)36(22-33-25-47-28-51-33)52-42(58)38(21-31-14-9-8-10-15-31)61-27-34-17-13-19-54(34)44(60)62-45(4,5)6/h8-12,14-16,18,25,28-30,34-38,40,55H,7,13,17,19-24,26-27,46H2,1-6H3,(H,47,51)(H,49,57)(H,50,59)(H,52,58)(H,53,56)/t29?,30-,34-,35?,36-,37?,38-,40-/m0/s1. The molecule has 17 heteroatoms. The number of ether oxygens (including phenoxy) is 2. The van der Waals surface area contributed by atoms with Crippen LogP contribution in [0.3, 0.4) is 0 Å². The first kappa shape index (κ1) is 49.3.